The molecule has 6 nitrogen and oxygen atoms in total. The molecule has 0 spiro atoms. The van der Waals surface area contributed by atoms with E-state index in [0.717, 1.165) is 5.56 Å². The van der Waals surface area contributed by atoms with Crippen molar-refractivity contribution in [3.05, 3.63) is 123 Å². The first-order valence-corrected chi connectivity index (χ1v) is 13.7. The Hall–Kier alpha value is -3.98. The van der Waals surface area contributed by atoms with E-state index in [-0.39, 0.29) is 17.3 Å². The van der Waals surface area contributed by atoms with Gasteiger partial charge in [-0.1, -0.05) is 60.1 Å². The molecule has 0 atom stereocenters. The van der Waals surface area contributed by atoms with Crippen LogP contribution in [0.15, 0.2) is 107 Å². The highest BCUT2D eigenvalue weighted by molar-refractivity contribution is 9.10. The predicted molar refractivity (Wildman–Crippen MR) is 165 cm³/mol. The van der Waals surface area contributed by atoms with Crippen molar-refractivity contribution < 1.29 is 19.1 Å². The van der Waals surface area contributed by atoms with Gasteiger partial charge in [-0.3, -0.25) is 19.4 Å². The average molecular weight is 634 g/mol. The highest BCUT2D eigenvalue weighted by Gasteiger charge is 2.41. The first-order valence-electron chi connectivity index (χ1n) is 12.2. The van der Waals surface area contributed by atoms with Crippen LogP contribution in [0.25, 0.3) is 6.08 Å². The van der Waals surface area contributed by atoms with Crippen molar-refractivity contribution in [1.82, 2.24) is 0 Å². The highest BCUT2D eigenvalue weighted by atomic mass is 79.9. The molecule has 4 aromatic carbocycles. The molecular weight excluding hydrogens is 612 g/mol. The largest absolute Gasteiger partial charge is 0.493 e. The lowest BCUT2D eigenvalue weighted by Crippen LogP contribution is -2.56. The van der Waals surface area contributed by atoms with Crippen molar-refractivity contribution in [2.24, 2.45) is 0 Å². The molecule has 200 valence electrons. The zero-order valence-electron chi connectivity index (χ0n) is 21.2. The third kappa shape index (κ3) is 5.65. The summed E-state index contributed by atoms with van der Waals surface area (Å²) < 4.78 is 12.2. The SMILES string of the molecule is COc1cc(C=C2C(=O)N(c3ccccc3)C(=S)N(c3ccccc3)C2=O)cc(Br)c1OCc1cccc(Cl)c1. The number of ether oxygens (including phenoxy) is 2. The Morgan fingerprint density at radius 1 is 0.850 bits per heavy atom. The quantitative estimate of drug-likeness (QED) is 0.120. The topological polar surface area (TPSA) is 59.1 Å². The lowest BCUT2D eigenvalue weighted by atomic mass is 10.0. The molecule has 1 saturated heterocycles. The van der Waals surface area contributed by atoms with Crippen molar-refractivity contribution >= 4 is 74.1 Å². The molecule has 0 N–H and O–H groups in total. The third-order valence-corrected chi connectivity index (χ3v) is 7.30. The number of carbonyl (C=O) groups excluding carboxylic acids is 2. The molecule has 0 aromatic heterocycles. The number of anilines is 2. The smallest absolute Gasteiger partial charge is 0.270 e. The number of benzene rings is 4. The Kier molecular flexibility index (Phi) is 8.30. The number of carbonyl (C=O) groups is 2. The van der Waals surface area contributed by atoms with Gasteiger partial charge in [0.15, 0.2) is 16.6 Å². The van der Waals surface area contributed by atoms with Crippen LogP contribution in [-0.2, 0) is 16.2 Å². The van der Waals surface area contributed by atoms with Gasteiger partial charge in [0.25, 0.3) is 11.8 Å². The van der Waals surface area contributed by atoms with E-state index >= 15 is 0 Å². The molecule has 0 aliphatic carbocycles. The van der Waals surface area contributed by atoms with Gasteiger partial charge >= 0.3 is 0 Å². The van der Waals surface area contributed by atoms with E-state index in [0.29, 0.717) is 37.9 Å². The van der Waals surface area contributed by atoms with Crippen molar-refractivity contribution in [1.29, 1.82) is 0 Å². The van der Waals surface area contributed by atoms with Crippen LogP contribution in [-0.4, -0.2) is 24.0 Å². The molecule has 1 aliphatic heterocycles. The maximum absolute atomic E-state index is 13.8. The number of thiocarbonyl (C=S) groups is 1. The monoisotopic (exact) mass is 632 g/mol. The van der Waals surface area contributed by atoms with Crippen LogP contribution in [0.5, 0.6) is 11.5 Å². The van der Waals surface area contributed by atoms with Gasteiger partial charge in [0.05, 0.1) is 23.0 Å². The Morgan fingerprint density at radius 2 is 1.45 bits per heavy atom. The standard InChI is InChI=1S/C31H22BrClN2O4S/c1-38-27-18-21(17-26(32)28(27)39-19-20-9-8-10-22(33)15-20)16-25-29(36)34(23-11-4-2-5-12-23)31(40)35(30(25)37)24-13-6-3-7-14-24/h2-18H,19H2,1H3. The van der Waals surface area contributed by atoms with E-state index in [9.17, 15) is 9.59 Å². The minimum absolute atomic E-state index is 0.0529. The van der Waals surface area contributed by atoms with Crippen molar-refractivity contribution in [2.75, 3.05) is 16.9 Å². The Morgan fingerprint density at radius 3 is 2.00 bits per heavy atom. The Bertz CT molecular complexity index is 1570. The van der Waals surface area contributed by atoms with Gasteiger partial charge in [-0.25, -0.2) is 0 Å². The predicted octanol–water partition coefficient (Wildman–Crippen LogP) is 7.44. The van der Waals surface area contributed by atoms with E-state index in [1.54, 1.807) is 42.5 Å². The second-order valence-electron chi connectivity index (χ2n) is 8.75. The number of nitrogens with zero attached hydrogens (tertiary/aromatic N) is 2. The van der Waals surface area contributed by atoms with E-state index in [2.05, 4.69) is 15.9 Å². The number of halogens is 2. The molecule has 40 heavy (non-hydrogen) atoms. The third-order valence-electron chi connectivity index (χ3n) is 6.11. The van der Waals surface area contributed by atoms with Gasteiger partial charge in [0, 0.05) is 5.02 Å². The van der Waals surface area contributed by atoms with E-state index < -0.39 is 11.8 Å². The first-order chi connectivity index (χ1) is 19.4. The highest BCUT2D eigenvalue weighted by Crippen LogP contribution is 2.38. The van der Waals surface area contributed by atoms with E-state index in [4.69, 9.17) is 33.3 Å². The van der Waals surface area contributed by atoms with Crippen LogP contribution in [0.1, 0.15) is 11.1 Å². The van der Waals surface area contributed by atoms with Gasteiger partial charge in [0.2, 0.25) is 0 Å². The summed E-state index contributed by atoms with van der Waals surface area (Å²) in [6, 6.07) is 28.8. The fourth-order valence-electron chi connectivity index (χ4n) is 4.25. The molecule has 2 amide bonds. The van der Waals surface area contributed by atoms with Crippen LogP contribution in [0.4, 0.5) is 11.4 Å². The minimum atomic E-state index is -0.523. The van der Waals surface area contributed by atoms with Crippen LogP contribution in [0, 0.1) is 0 Å². The second-order valence-corrected chi connectivity index (χ2v) is 10.4. The summed E-state index contributed by atoms with van der Waals surface area (Å²) in [4.78, 5) is 30.3. The number of rotatable bonds is 7. The van der Waals surface area contributed by atoms with E-state index in [1.807, 2.05) is 54.6 Å². The molecule has 1 fully saturated rings. The average Bonchev–Trinajstić information content (AvgIpc) is 2.96. The number of hydrogen-bond acceptors (Lipinski definition) is 5. The molecule has 1 aliphatic rings. The molecular formula is C31H22BrClN2O4S. The summed E-state index contributed by atoms with van der Waals surface area (Å²) in [5.74, 6) is -0.146. The number of methoxy groups -OCH3 is 1. The van der Waals surface area contributed by atoms with Crippen molar-refractivity contribution in [3.63, 3.8) is 0 Å². The number of hydrogen-bond donors (Lipinski definition) is 0. The second kappa shape index (κ2) is 12.0. The Balaban J connectivity index is 1.54. The normalized spacial score (nSPS) is 13.5. The van der Waals surface area contributed by atoms with Crippen LogP contribution < -0.4 is 19.3 Å². The summed E-state index contributed by atoms with van der Waals surface area (Å²) >= 11 is 15.3. The maximum atomic E-state index is 13.8. The summed E-state index contributed by atoms with van der Waals surface area (Å²) in [7, 11) is 1.52. The summed E-state index contributed by atoms with van der Waals surface area (Å²) in [6.45, 7) is 0.266. The molecule has 4 aromatic rings. The molecule has 1 heterocycles. The summed E-state index contributed by atoms with van der Waals surface area (Å²) in [5, 5.41) is 0.692. The molecule has 0 radical (unpaired) electrons. The van der Waals surface area contributed by atoms with Gasteiger partial charge in [-0.2, -0.15) is 0 Å². The first kappa shape index (κ1) is 27.6. The summed E-state index contributed by atoms with van der Waals surface area (Å²) in [6.07, 6.45) is 1.53. The van der Waals surface area contributed by atoms with E-state index in [1.165, 1.54) is 23.0 Å². The van der Waals surface area contributed by atoms with Crippen LogP contribution in [0.2, 0.25) is 5.02 Å². The van der Waals surface area contributed by atoms with Gasteiger partial charge in [-0.15, -0.1) is 0 Å². The summed E-state index contributed by atoms with van der Waals surface area (Å²) in [5.41, 5.74) is 2.51. The molecule has 0 unspecified atom stereocenters. The zero-order valence-corrected chi connectivity index (χ0v) is 24.4. The Labute approximate surface area is 250 Å². The molecule has 5 rings (SSSR count). The van der Waals surface area contributed by atoms with Gasteiger partial charge < -0.3 is 9.47 Å². The van der Waals surface area contributed by atoms with Gasteiger partial charge in [0.1, 0.15) is 12.2 Å². The number of para-hydroxylation sites is 2. The fraction of sp³-hybridized carbons (Fsp3) is 0.0645. The maximum Gasteiger partial charge on any atom is 0.270 e. The molecule has 9 heteroatoms. The van der Waals surface area contributed by atoms with Crippen molar-refractivity contribution in [3.8, 4) is 11.5 Å². The van der Waals surface area contributed by atoms with Crippen molar-refractivity contribution in [2.45, 2.75) is 6.61 Å². The molecule has 0 saturated carbocycles. The molecule has 0 bridgehead atoms. The fourth-order valence-corrected chi connectivity index (χ4v) is 5.41. The lowest BCUT2D eigenvalue weighted by molar-refractivity contribution is -0.120. The zero-order chi connectivity index (χ0) is 28.2. The van der Waals surface area contributed by atoms with Crippen LogP contribution in [0.3, 0.4) is 0 Å². The van der Waals surface area contributed by atoms with Gasteiger partial charge in [-0.05, 0) is 93.9 Å². The lowest BCUT2D eigenvalue weighted by Gasteiger charge is -2.36. The number of amides is 2. The van der Waals surface area contributed by atoms with Crippen LogP contribution >= 0.6 is 39.7 Å². The minimum Gasteiger partial charge on any atom is -0.493 e.